The first kappa shape index (κ1) is 60.2. The molecule has 0 aromatic heterocycles. The van der Waals surface area contributed by atoms with Gasteiger partial charge in [0.05, 0.1) is 0 Å². The summed E-state index contributed by atoms with van der Waals surface area (Å²) < 4.78 is 6.66. The van der Waals surface area contributed by atoms with E-state index in [0.29, 0.717) is 0 Å². The fourth-order valence-corrected chi connectivity index (χ4v) is 14.2. The van der Waals surface area contributed by atoms with Crippen LogP contribution in [0.1, 0.15) is 348 Å². The van der Waals surface area contributed by atoms with E-state index >= 15 is 0 Å². The van der Waals surface area contributed by atoms with E-state index in [1.807, 2.05) is 0 Å². The molecule has 0 aliphatic carbocycles. The Morgan fingerprint density at radius 3 is 0.417 bits per heavy atom. The predicted molar refractivity (Wildman–Crippen MR) is 280 cm³/mol. The second-order valence-corrected chi connectivity index (χ2v) is 24.9. The van der Waals surface area contributed by atoms with Crippen molar-refractivity contribution in [2.75, 3.05) is 7.11 Å². The lowest BCUT2D eigenvalue weighted by molar-refractivity contribution is 0.380. The maximum atomic E-state index is 6.66. The van der Waals surface area contributed by atoms with Gasteiger partial charge in [-0.2, -0.15) is 0 Å². The zero-order chi connectivity index (χ0) is 43.4. The van der Waals surface area contributed by atoms with Crippen LogP contribution in [0.3, 0.4) is 0 Å². The van der Waals surface area contributed by atoms with Crippen LogP contribution in [-0.2, 0) is 4.43 Å². The molecule has 0 fully saturated rings. The van der Waals surface area contributed by atoms with E-state index in [1.54, 1.807) is 0 Å². The van der Waals surface area contributed by atoms with Gasteiger partial charge in [0, 0.05) is 7.11 Å². The van der Waals surface area contributed by atoms with Crippen molar-refractivity contribution in [3.05, 3.63) is 0 Å². The first-order valence-corrected chi connectivity index (χ1v) is 31.8. The van der Waals surface area contributed by atoms with Gasteiger partial charge in [0.1, 0.15) is 0 Å². The van der Waals surface area contributed by atoms with Crippen LogP contribution in [-0.4, -0.2) is 15.4 Å². The molecule has 0 heterocycles. The average molecular weight is 862 g/mol. The summed E-state index contributed by atoms with van der Waals surface area (Å²) in [5.74, 6) is 0. The Balaban J connectivity index is 4.19. The zero-order valence-corrected chi connectivity index (χ0v) is 44.1. The van der Waals surface area contributed by atoms with Crippen LogP contribution in [0.5, 0.6) is 0 Å². The summed E-state index contributed by atoms with van der Waals surface area (Å²) in [5, 5.41) is 0. The van der Waals surface area contributed by atoms with Crippen molar-refractivity contribution in [1.82, 2.24) is 0 Å². The minimum atomic E-state index is -1.60. The Kier molecular flexibility index (Phi) is 53.7. The SMILES string of the molecule is CCCCCCCCCCCCCCCCCCC[Si](CCCCCCCCCCCCCCCCCCC)(CCCCCCCCCCCCCCCCCCC)OC. The van der Waals surface area contributed by atoms with Crippen LogP contribution >= 0.6 is 0 Å². The van der Waals surface area contributed by atoms with Gasteiger partial charge in [0.2, 0.25) is 0 Å². The third kappa shape index (κ3) is 47.7. The van der Waals surface area contributed by atoms with Crippen molar-refractivity contribution in [3.63, 3.8) is 0 Å². The largest absolute Gasteiger partial charge is 0.420 e. The third-order valence-electron chi connectivity index (χ3n) is 14.6. The highest BCUT2D eigenvalue weighted by Gasteiger charge is 2.32. The highest BCUT2D eigenvalue weighted by Crippen LogP contribution is 2.31. The van der Waals surface area contributed by atoms with Crippen molar-refractivity contribution in [3.8, 4) is 0 Å². The molecule has 0 amide bonds. The van der Waals surface area contributed by atoms with Gasteiger partial charge in [0.15, 0.2) is 8.32 Å². The quantitative estimate of drug-likeness (QED) is 0.0437. The van der Waals surface area contributed by atoms with Gasteiger partial charge in [-0.25, -0.2) is 0 Å². The molecule has 0 aliphatic heterocycles. The standard InChI is InChI=1S/C58H120OSi/c1-5-8-11-14-17-20-23-26-29-32-35-38-41-44-47-50-53-56-60(59-4,57-54-51-48-45-42-39-36-33-30-27-24-21-18-15-12-9-6-2)58-55-52-49-46-43-40-37-34-31-28-25-22-19-16-13-10-7-3/h5-58H2,1-4H3. The van der Waals surface area contributed by atoms with Crippen molar-refractivity contribution in [1.29, 1.82) is 0 Å². The highest BCUT2D eigenvalue weighted by atomic mass is 28.4. The molecule has 0 bridgehead atoms. The zero-order valence-electron chi connectivity index (χ0n) is 43.1. The average Bonchev–Trinajstić information content (AvgIpc) is 3.26. The van der Waals surface area contributed by atoms with Gasteiger partial charge in [-0.05, 0) is 18.1 Å². The summed E-state index contributed by atoms with van der Waals surface area (Å²) in [6, 6.07) is 4.33. The fraction of sp³-hybridized carbons (Fsp3) is 1.00. The number of rotatable bonds is 55. The lowest BCUT2D eigenvalue weighted by Crippen LogP contribution is -2.36. The fourth-order valence-electron chi connectivity index (χ4n) is 10.2. The Bertz CT molecular complexity index is 643. The van der Waals surface area contributed by atoms with Gasteiger partial charge < -0.3 is 4.43 Å². The van der Waals surface area contributed by atoms with Crippen LogP contribution in [0.25, 0.3) is 0 Å². The van der Waals surface area contributed by atoms with Crippen LogP contribution in [0.15, 0.2) is 0 Å². The summed E-state index contributed by atoms with van der Waals surface area (Å²) >= 11 is 0. The van der Waals surface area contributed by atoms with Crippen LogP contribution in [0.2, 0.25) is 18.1 Å². The van der Waals surface area contributed by atoms with Crippen molar-refractivity contribution >= 4 is 8.32 Å². The Morgan fingerprint density at radius 2 is 0.300 bits per heavy atom. The first-order valence-electron chi connectivity index (χ1n) is 29.3. The molecule has 0 rings (SSSR count). The van der Waals surface area contributed by atoms with E-state index < -0.39 is 8.32 Å². The van der Waals surface area contributed by atoms with Crippen LogP contribution in [0.4, 0.5) is 0 Å². The Hall–Kier alpha value is 0.177. The molecule has 0 aliphatic rings. The lowest BCUT2D eigenvalue weighted by Gasteiger charge is -2.30. The van der Waals surface area contributed by atoms with E-state index in [2.05, 4.69) is 27.9 Å². The van der Waals surface area contributed by atoms with E-state index in [0.717, 1.165) is 0 Å². The number of hydrogen-bond donors (Lipinski definition) is 0. The van der Waals surface area contributed by atoms with Crippen molar-refractivity contribution in [2.24, 2.45) is 0 Å². The first-order chi connectivity index (χ1) is 29.7. The molecule has 0 N–H and O–H groups in total. The summed E-state index contributed by atoms with van der Waals surface area (Å²) in [5.41, 5.74) is 0. The van der Waals surface area contributed by atoms with Gasteiger partial charge in [-0.1, -0.05) is 348 Å². The van der Waals surface area contributed by atoms with Crippen LogP contribution in [0, 0.1) is 0 Å². The van der Waals surface area contributed by atoms with Crippen molar-refractivity contribution in [2.45, 2.75) is 366 Å². The maximum absolute atomic E-state index is 6.66. The molecule has 0 saturated heterocycles. The smallest absolute Gasteiger partial charge is 0.192 e. The Labute approximate surface area is 384 Å². The molecule has 0 spiro atoms. The Morgan fingerprint density at radius 1 is 0.183 bits per heavy atom. The van der Waals surface area contributed by atoms with Gasteiger partial charge in [-0.3, -0.25) is 0 Å². The molecular weight excluding hydrogens is 741 g/mol. The molecule has 0 aromatic carbocycles. The highest BCUT2D eigenvalue weighted by molar-refractivity contribution is 6.73. The van der Waals surface area contributed by atoms with Gasteiger partial charge >= 0.3 is 0 Å². The molecule has 0 atom stereocenters. The molecule has 0 aromatic rings. The second kappa shape index (κ2) is 53.5. The summed E-state index contributed by atoms with van der Waals surface area (Å²) in [4.78, 5) is 0. The maximum Gasteiger partial charge on any atom is 0.192 e. The molecule has 60 heavy (non-hydrogen) atoms. The minimum absolute atomic E-state index is 1.37. The van der Waals surface area contributed by atoms with E-state index in [1.165, 1.54) is 346 Å². The van der Waals surface area contributed by atoms with Crippen molar-refractivity contribution < 1.29 is 4.43 Å². The normalized spacial score (nSPS) is 12.0. The predicted octanol–water partition coefficient (Wildman–Crippen LogP) is 22.5. The summed E-state index contributed by atoms with van der Waals surface area (Å²) in [6.45, 7) is 6.96. The molecule has 0 saturated carbocycles. The molecule has 0 unspecified atom stereocenters. The summed E-state index contributed by atoms with van der Waals surface area (Å²) in [6.07, 6.45) is 74.7. The molecule has 0 radical (unpaired) electrons. The molecule has 362 valence electrons. The summed E-state index contributed by atoms with van der Waals surface area (Å²) in [7, 11) is 0.530. The van der Waals surface area contributed by atoms with Crippen LogP contribution < -0.4 is 0 Å². The number of hydrogen-bond acceptors (Lipinski definition) is 1. The lowest BCUT2D eigenvalue weighted by atomic mass is 10.0. The van der Waals surface area contributed by atoms with Gasteiger partial charge in [-0.15, -0.1) is 0 Å². The molecule has 1 nitrogen and oxygen atoms in total. The topological polar surface area (TPSA) is 9.23 Å². The molecular formula is C58H120OSi. The molecule has 2 heteroatoms. The van der Waals surface area contributed by atoms with E-state index in [4.69, 9.17) is 4.43 Å². The van der Waals surface area contributed by atoms with E-state index in [-0.39, 0.29) is 0 Å². The monoisotopic (exact) mass is 861 g/mol. The minimum Gasteiger partial charge on any atom is -0.420 e. The third-order valence-corrected chi connectivity index (χ3v) is 19.3. The van der Waals surface area contributed by atoms with Gasteiger partial charge in [0.25, 0.3) is 0 Å². The van der Waals surface area contributed by atoms with E-state index in [9.17, 15) is 0 Å². The second-order valence-electron chi connectivity index (χ2n) is 20.6. The number of unbranched alkanes of at least 4 members (excludes halogenated alkanes) is 48.